The molecule has 0 fully saturated rings. The number of hydrogen-bond donors (Lipinski definition) is 1. The molecule has 0 radical (unpaired) electrons. The van der Waals surface area contributed by atoms with Crippen LogP contribution in [0, 0.1) is 12.7 Å². The van der Waals surface area contributed by atoms with Crippen LogP contribution in [0.1, 0.15) is 17.3 Å². The molecule has 0 bridgehead atoms. The summed E-state index contributed by atoms with van der Waals surface area (Å²) in [7, 11) is 3.60. The van der Waals surface area contributed by atoms with Crippen LogP contribution >= 0.6 is 0 Å². The predicted molar refractivity (Wildman–Crippen MR) is 77.1 cm³/mol. The fraction of sp³-hybridized carbons (Fsp3) is 0.357. The largest absolute Gasteiger partial charge is 0.349 e. The third-order valence-electron chi connectivity index (χ3n) is 2.88. The summed E-state index contributed by atoms with van der Waals surface area (Å²) >= 11 is 0. The quantitative estimate of drug-likeness (QED) is 0.686. The van der Waals surface area contributed by atoms with E-state index in [1.165, 1.54) is 12.1 Å². The van der Waals surface area contributed by atoms with Crippen LogP contribution in [-0.2, 0) is 13.1 Å². The highest BCUT2D eigenvalue weighted by atomic mass is 19.1. The minimum Gasteiger partial charge on any atom is -0.349 e. The van der Waals surface area contributed by atoms with Crippen LogP contribution < -0.4 is 5.32 Å². The van der Waals surface area contributed by atoms with Crippen LogP contribution in [0.15, 0.2) is 33.8 Å². The molecule has 112 valence electrons. The summed E-state index contributed by atoms with van der Waals surface area (Å²) in [6, 6.07) is 6.40. The lowest BCUT2D eigenvalue weighted by Crippen LogP contribution is -2.38. The molecule has 0 unspecified atom stereocenters. The molecular formula is C14H18FN5O. The Balaban J connectivity index is 1.92. The molecule has 1 heterocycles. The number of guanidine groups is 1. The lowest BCUT2D eigenvalue weighted by Gasteiger charge is -2.21. The first kappa shape index (κ1) is 15.0. The third kappa shape index (κ3) is 4.27. The van der Waals surface area contributed by atoms with Gasteiger partial charge in [0.1, 0.15) is 5.82 Å². The average Bonchev–Trinajstić information content (AvgIpc) is 2.88. The second kappa shape index (κ2) is 6.83. The zero-order valence-electron chi connectivity index (χ0n) is 12.3. The molecule has 21 heavy (non-hydrogen) atoms. The molecule has 0 aliphatic carbocycles. The maximum Gasteiger partial charge on any atom is 0.223 e. The molecule has 2 rings (SSSR count). The SMILES string of the molecule is CN=C(NCc1noc(C)n1)N(C)Cc1ccc(F)cc1. The van der Waals surface area contributed by atoms with Crippen molar-refractivity contribution in [2.24, 2.45) is 4.99 Å². The van der Waals surface area contributed by atoms with Gasteiger partial charge >= 0.3 is 0 Å². The van der Waals surface area contributed by atoms with Gasteiger partial charge in [0.25, 0.3) is 0 Å². The second-order valence-electron chi connectivity index (χ2n) is 4.61. The molecular weight excluding hydrogens is 273 g/mol. The first-order valence-electron chi connectivity index (χ1n) is 6.54. The molecule has 0 aliphatic rings. The van der Waals surface area contributed by atoms with Crippen LogP contribution in [0.5, 0.6) is 0 Å². The van der Waals surface area contributed by atoms with Gasteiger partial charge in [0.2, 0.25) is 5.89 Å². The maximum atomic E-state index is 12.9. The molecule has 0 aliphatic heterocycles. The van der Waals surface area contributed by atoms with Crippen molar-refractivity contribution in [3.05, 3.63) is 47.4 Å². The molecule has 0 saturated carbocycles. The number of halogens is 1. The number of rotatable bonds is 4. The lowest BCUT2D eigenvalue weighted by atomic mass is 10.2. The summed E-state index contributed by atoms with van der Waals surface area (Å²) in [6.07, 6.45) is 0. The molecule has 0 saturated heterocycles. The normalized spacial score (nSPS) is 11.5. The monoisotopic (exact) mass is 291 g/mol. The zero-order chi connectivity index (χ0) is 15.2. The Morgan fingerprint density at radius 2 is 2.10 bits per heavy atom. The highest BCUT2D eigenvalue weighted by molar-refractivity contribution is 5.79. The molecule has 1 aromatic carbocycles. The third-order valence-corrected chi connectivity index (χ3v) is 2.88. The number of nitrogens with zero attached hydrogens (tertiary/aromatic N) is 4. The van der Waals surface area contributed by atoms with Crippen molar-refractivity contribution in [1.29, 1.82) is 0 Å². The van der Waals surface area contributed by atoms with E-state index in [2.05, 4.69) is 20.4 Å². The van der Waals surface area contributed by atoms with Crippen LogP contribution in [0.25, 0.3) is 0 Å². The number of aliphatic imine (C=N–C) groups is 1. The van der Waals surface area contributed by atoms with Crippen molar-refractivity contribution in [3.63, 3.8) is 0 Å². The lowest BCUT2D eigenvalue weighted by molar-refractivity contribution is 0.386. The van der Waals surface area contributed by atoms with Gasteiger partial charge < -0.3 is 14.7 Å². The summed E-state index contributed by atoms with van der Waals surface area (Å²) < 4.78 is 17.8. The van der Waals surface area contributed by atoms with E-state index >= 15 is 0 Å². The number of hydrogen-bond acceptors (Lipinski definition) is 4. The fourth-order valence-electron chi connectivity index (χ4n) is 1.89. The smallest absolute Gasteiger partial charge is 0.223 e. The van der Waals surface area contributed by atoms with Crippen molar-refractivity contribution in [2.75, 3.05) is 14.1 Å². The molecule has 1 aromatic heterocycles. The molecule has 2 aromatic rings. The van der Waals surface area contributed by atoms with E-state index in [1.54, 1.807) is 26.1 Å². The Bertz CT molecular complexity index is 608. The molecule has 0 spiro atoms. The summed E-state index contributed by atoms with van der Waals surface area (Å²) in [5.41, 5.74) is 0.997. The van der Waals surface area contributed by atoms with Crippen molar-refractivity contribution >= 4 is 5.96 Å². The first-order chi connectivity index (χ1) is 10.1. The Labute approximate surface area is 122 Å². The van der Waals surface area contributed by atoms with Crippen molar-refractivity contribution < 1.29 is 8.91 Å². The molecule has 0 atom stereocenters. The van der Waals surface area contributed by atoms with E-state index in [4.69, 9.17) is 4.52 Å². The number of aromatic nitrogens is 2. The van der Waals surface area contributed by atoms with E-state index in [-0.39, 0.29) is 5.82 Å². The van der Waals surface area contributed by atoms with Crippen LogP contribution in [0.2, 0.25) is 0 Å². The minimum atomic E-state index is -0.239. The van der Waals surface area contributed by atoms with Gasteiger partial charge in [-0.25, -0.2) is 4.39 Å². The van der Waals surface area contributed by atoms with Crippen LogP contribution in [0.3, 0.4) is 0 Å². The van der Waals surface area contributed by atoms with Crippen molar-refractivity contribution in [2.45, 2.75) is 20.0 Å². The molecule has 0 amide bonds. The number of aryl methyl sites for hydroxylation is 1. The van der Waals surface area contributed by atoms with E-state index in [0.717, 1.165) is 5.56 Å². The first-order valence-corrected chi connectivity index (χ1v) is 6.54. The number of nitrogens with one attached hydrogen (secondary N) is 1. The van der Waals surface area contributed by atoms with Gasteiger partial charge in [-0.1, -0.05) is 17.3 Å². The van der Waals surface area contributed by atoms with Gasteiger partial charge in [-0.3, -0.25) is 4.99 Å². The van der Waals surface area contributed by atoms with Gasteiger partial charge in [0, 0.05) is 27.6 Å². The molecule has 7 heteroatoms. The Morgan fingerprint density at radius 3 is 2.67 bits per heavy atom. The van der Waals surface area contributed by atoms with Crippen molar-refractivity contribution in [1.82, 2.24) is 20.4 Å². The van der Waals surface area contributed by atoms with E-state index in [1.807, 2.05) is 11.9 Å². The van der Waals surface area contributed by atoms with Gasteiger partial charge in [0.15, 0.2) is 11.8 Å². The second-order valence-corrected chi connectivity index (χ2v) is 4.61. The van der Waals surface area contributed by atoms with E-state index < -0.39 is 0 Å². The van der Waals surface area contributed by atoms with Crippen LogP contribution in [-0.4, -0.2) is 35.1 Å². The summed E-state index contributed by atoms with van der Waals surface area (Å²) in [5.74, 6) is 1.56. The molecule has 6 nitrogen and oxygen atoms in total. The van der Waals surface area contributed by atoms with Gasteiger partial charge in [-0.2, -0.15) is 4.98 Å². The average molecular weight is 291 g/mol. The highest BCUT2D eigenvalue weighted by Crippen LogP contribution is 2.06. The molecule has 1 N–H and O–H groups in total. The summed E-state index contributed by atoms with van der Waals surface area (Å²) in [5, 5.41) is 6.96. The Hall–Kier alpha value is -2.44. The Kier molecular flexibility index (Phi) is 4.86. The summed E-state index contributed by atoms with van der Waals surface area (Å²) in [6.45, 7) is 2.79. The summed E-state index contributed by atoms with van der Waals surface area (Å²) in [4.78, 5) is 10.2. The predicted octanol–water partition coefficient (Wildman–Crippen LogP) is 1.72. The number of benzene rings is 1. The zero-order valence-corrected chi connectivity index (χ0v) is 12.3. The van der Waals surface area contributed by atoms with Crippen LogP contribution in [0.4, 0.5) is 4.39 Å². The maximum absolute atomic E-state index is 12.9. The van der Waals surface area contributed by atoms with Gasteiger partial charge in [-0.15, -0.1) is 0 Å². The Morgan fingerprint density at radius 1 is 1.38 bits per heavy atom. The van der Waals surface area contributed by atoms with E-state index in [9.17, 15) is 4.39 Å². The van der Waals surface area contributed by atoms with E-state index in [0.29, 0.717) is 30.8 Å². The topological polar surface area (TPSA) is 66.5 Å². The highest BCUT2D eigenvalue weighted by Gasteiger charge is 2.08. The minimum absolute atomic E-state index is 0.239. The standard InChI is InChI=1S/C14H18FN5O/c1-10-18-13(19-21-10)8-17-14(16-2)20(3)9-11-4-6-12(15)7-5-11/h4-7H,8-9H2,1-3H3,(H,16,17). The van der Waals surface area contributed by atoms with Crippen molar-refractivity contribution in [3.8, 4) is 0 Å². The fourth-order valence-corrected chi connectivity index (χ4v) is 1.89. The van der Waals surface area contributed by atoms with Gasteiger partial charge in [-0.05, 0) is 17.7 Å². The van der Waals surface area contributed by atoms with Gasteiger partial charge in [0.05, 0.1) is 6.54 Å².